The zero-order valence-electron chi connectivity index (χ0n) is 22.4. The van der Waals surface area contributed by atoms with Crippen molar-refractivity contribution in [1.82, 2.24) is 0 Å². The van der Waals surface area contributed by atoms with Crippen LogP contribution < -0.4 is 4.57 Å². The maximum Gasteiger partial charge on any atom is 0.216 e. The molecule has 5 aromatic rings. The van der Waals surface area contributed by atoms with Crippen molar-refractivity contribution in [3.05, 3.63) is 88.6 Å². The Morgan fingerprint density at radius 1 is 0.892 bits per heavy atom. The molecule has 0 unspecified atom stereocenters. The van der Waals surface area contributed by atoms with E-state index in [0.29, 0.717) is 5.56 Å². The molecule has 0 aliphatic heterocycles. The summed E-state index contributed by atoms with van der Waals surface area (Å²) in [6.45, 7) is 9.02. The van der Waals surface area contributed by atoms with Gasteiger partial charge >= 0.3 is 0 Å². The molecule has 3 nitrogen and oxygen atoms in total. The fraction of sp³-hybridized carbons (Fsp3) is 0.294. The highest BCUT2D eigenvalue weighted by molar-refractivity contribution is 6.14. The summed E-state index contributed by atoms with van der Waals surface area (Å²) < 4.78 is 8.94. The molecule has 0 N–H and O–H groups in total. The van der Waals surface area contributed by atoms with Crippen LogP contribution >= 0.6 is 0 Å². The van der Waals surface area contributed by atoms with Gasteiger partial charge in [0.05, 0.1) is 17.2 Å². The van der Waals surface area contributed by atoms with Gasteiger partial charge in [-0.25, -0.2) is 4.57 Å². The molecule has 0 radical (unpaired) electrons. The first-order valence-electron chi connectivity index (χ1n) is 13.3. The van der Waals surface area contributed by atoms with E-state index in [0.717, 1.165) is 57.2 Å². The molecule has 0 bridgehead atoms. The van der Waals surface area contributed by atoms with E-state index >= 15 is 0 Å². The summed E-state index contributed by atoms with van der Waals surface area (Å²) >= 11 is 0. The Hall–Kier alpha value is -3.90. The molecule has 3 aromatic carbocycles. The lowest BCUT2D eigenvalue weighted by Crippen LogP contribution is -2.30. The predicted octanol–water partition coefficient (Wildman–Crippen LogP) is 8.10. The van der Waals surface area contributed by atoms with Crippen molar-refractivity contribution in [2.45, 2.75) is 58.8 Å². The first-order chi connectivity index (χ1) is 17.8. The molecule has 0 fully saturated rings. The summed E-state index contributed by atoms with van der Waals surface area (Å²) in [7, 11) is 2.07. The van der Waals surface area contributed by atoms with E-state index < -0.39 is 0 Å². The number of furan rings is 1. The van der Waals surface area contributed by atoms with Gasteiger partial charge < -0.3 is 4.42 Å². The van der Waals surface area contributed by atoms with Crippen LogP contribution in [0.1, 0.15) is 61.4 Å². The van der Waals surface area contributed by atoms with Crippen LogP contribution in [0.15, 0.2) is 65.2 Å². The minimum absolute atomic E-state index is 0.0261. The van der Waals surface area contributed by atoms with Crippen LogP contribution in [0.3, 0.4) is 0 Å². The third kappa shape index (κ3) is 3.75. The number of hydrogen-bond acceptors (Lipinski definition) is 2. The first-order valence-corrected chi connectivity index (χ1v) is 13.3. The fourth-order valence-electron chi connectivity index (χ4n) is 6.16. The van der Waals surface area contributed by atoms with Crippen LogP contribution in [0.25, 0.3) is 44.3 Å². The monoisotopic (exact) mass is 485 g/mol. The molecule has 37 heavy (non-hydrogen) atoms. The van der Waals surface area contributed by atoms with Gasteiger partial charge in [-0.2, -0.15) is 5.26 Å². The number of pyridine rings is 1. The number of nitriles is 1. The molecule has 3 heteroatoms. The van der Waals surface area contributed by atoms with E-state index in [2.05, 4.69) is 94.0 Å². The van der Waals surface area contributed by atoms with Gasteiger partial charge in [0.2, 0.25) is 5.69 Å². The average Bonchev–Trinajstić information content (AvgIpc) is 3.26. The SMILES string of the molecule is Cc1ccc2c(oc3c(-c4cc5c(c(C(C)(C)C)c4)CCCC5)c(C#N)ccc32)c1-c1cccc[n+]1C. The molecule has 1 aliphatic carbocycles. The van der Waals surface area contributed by atoms with E-state index in [4.69, 9.17) is 4.42 Å². The summed E-state index contributed by atoms with van der Waals surface area (Å²) in [4.78, 5) is 0. The standard InChI is InChI=1S/C34H33N2O/c1-21-13-15-26-27-16-14-23(20-35)31(33(27)37-32(26)30(21)29-12-8-9-17-36(29)5)24-18-22-10-6-7-11-25(22)28(19-24)34(2,3)4/h8-9,12-19H,6-7,10-11H2,1-5H3/q+1. The Morgan fingerprint density at radius 3 is 2.35 bits per heavy atom. The van der Waals surface area contributed by atoms with Crippen molar-refractivity contribution in [1.29, 1.82) is 5.26 Å². The van der Waals surface area contributed by atoms with Gasteiger partial charge in [-0.1, -0.05) is 45.0 Å². The fourth-order valence-corrected chi connectivity index (χ4v) is 6.16. The lowest BCUT2D eigenvalue weighted by Gasteiger charge is -2.29. The number of hydrogen-bond donors (Lipinski definition) is 0. The molecule has 2 aromatic heterocycles. The van der Waals surface area contributed by atoms with Crippen LogP contribution in [-0.2, 0) is 25.3 Å². The average molecular weight is 486 g/mol. The summed E-state index contributed by atoms with van der Waals surface area (Å²) in [5.74, 6) is 0. The van der Waals surface area contributed by atoms with Crippen LogP contribution in [0.5, 0.6) is 0 Å². The third-order valence-electron chi connectivity index (χ3n) is 8.01. The van der Waals surface area contributed by atoms with Crippen molar-refractivity contribution in [2.24, 2.45) is 7.05 Å². The predicted molar refractivity (Wildman–Crippen MR) is 151 cm³/mol. The van der Waals surface area contributed by atoms with Gasteiger partial charge in [0.15, 0.2) is 6.20 Å². The highest BCUT2D eigenvalue weighted by Crippen LogP contribution is 2.44. The van der Waals surface area contributed by atoms with Gasteiger partial charge in [0.1, 0.15) is 18.2 Å². The highest BCUT2D eigenvalue weighted by atomic mass is 16.3. The largest absolute Gasteiger partial charge is 0.454 e. The Bertz CT molecular complexity index is 1740. The Balaban J connectivity index is 1.71. The van der Waals surface area contributed by atoms with E-state index in [-0.39, 0.29) is 5.41 Å². The van der Waals surface area contributed by atoms with Gasteiger partial charge in [0, 0.05) is 28.5 Å². The maximum atomic E-state index is 10.2. The summed E-state index contributed by atoms with van der Waals surface area (Å²) in [6, 6.07) is 21.7. The van der Waals surface area contributed by atoms with Crippen molar-refractivity contribution in [2.75, 3.05) is 0 Å². The topological polar surface area (TPSA) is 40.8 Å². The molecule has 6 rings (SSSR count). The lowest BCUT2D eigenvalue weighted by atomic mass is 9.76. The number of rotatable bonds is 2. The van der Waals surface area contributed by atoms with Crippen molar-refractivity contribution >= 4 is 21.9 Å². The molecule has 0 amide bonds. The van der Waals surface area contributed by atoms with Gasteiger partial charge in [-0.15, -0.1) is 0 Å². The molecule has 0 spiro atoms. The van der Waals surface area contributed by atoms with E-state index in [1.165, 1.54) is 35.1 Å². The molecular formula is C34H33N2O+. The highest BCUT2D eigenvalue weighted by Gasteiger charge is 2.27. The number of benzene rings is 3. The van der Waals surface area contributed by atoms with Crippen molar-refractivity contribution in [3.63, 3.8) is 0 Å². The summed E-state index contributed by atoms with van der Waals surface area (Å²) in [5.41, 5.74) is 12.1. The normalized spacial score (nSPS) is 13.6. The second-order valence-corrected chi connectivity index (χ2v) is 11.5. The third-order valence-corrected chi connectivity index (χ3v) is 8.01. The lowest BCUT2D eigenvalue weighted by molar-refractivity contribution is -0.660. The molecule has 1 aliphatic rings. The molecule has 184 valence electrons. The second kappa shape index (κ2) is 8.60. The minimum atomic E-state index is 0.0261. The van der Waals surface area contributed by atoms with E-state index in [1.54, 1.807) is 0 Å². The van der Waals surface area contributed by atoms with Crippen LogP contribution in [0.4, 0.5) is 0 Å². The van der Waals surface area contributed by atoms with Gasteiger partial charge in [-0.3, -0.25) is 0 Å². The quantitative estimate of drug-likeness (QED) is 0.237. The van der Waals surface area contributed by atoms with Crippen LogP contribution in [-0.4, -0.2) is 0 Å². The number of aromatic nitrogens is 1. The molecular weight excluding hydrogens is 452 g/mol. The number of aryl methyl sites for hydroxylation is 3. The van der Waals surface area contributed by atoms with E-state index in [9.17, 15) is 5.26 Å². The molecule has 2 heterocycles. The van der Waals surface area contributed by atoms with Crippen LogP contribution in [0, 0.1) is 18.3 Å². The second-order valence-electron chi connectivity index (χ2n) is 11.5. The van der Waals surface area contributed by atoms with E-state index in [1.807, 2.05) is 12.1 Å². The number of fused-ring (bicyclic) bond motifs is 4. The Morgan fingerprint density at radius 2 is 1.62 bits per heavy atom. The van der Waals surface area contributed by atoms with Gasteiger partial charge in [0.25, 0.3) is 0 Å². The summed E-state index contributed by atoms with van der Waals surface area (Å²) in [6.07, 6.45) is 6.77. The zero-order valence-corrected chi connectivity index (χ0v) is 22.4. The zero-order chi connectivity index (χ0) is 25.9. The Kier molecular flexibility index (Phi) is 5.46. The van der Waals surface area contributed by atoms with Gasteiger partial charge in [-0.05, 0) is 84.0 Å². The first kappa shape index (κ1) is 23.5. The summed E-state index contributed by atoms with van der Waals surface area (Å²) in [5, 5.41) is 12.3. The molecule has 0 saturated carbocycles. The minimum Gasteiger partial charge on any atom is -0.454 e. The smallest absolute Gasteiger partial charge is 0.216 e. The van der Waals surface area contributed by atoms with Crippen molar-refractivity contribution < 1.29 is 8.98 Å². The molecule has 0 saturated heterocycles. The molecule has 0 atom stereocenters. The number of nitrogens with zero attached hydrogens (tertiary/aromatic N) is 2. The van der Waals surface area contributed by atoms with Crippen LogP contribution in [0.2, 0.25) is 0 Å². The Labute approximate surface area is 219 Å². The maximum absolute atomic E-state index is 10.2. The van der Waals surface area contributed by atoms with Crippen molar-refractivity contribution in [3.8, 4) is 28.5 Å².